The predicted octanol–water partition coefficient (Wildman–Crippen LogP) is 2.39. The fourth-order valence-electron chi connectivity index (χ4n) is 3.41. The molecule has 0 aliphatic carbocycles. The molecule has 3 heterocycles. The van der Waals surface area contributed by atoms with E-state index in [0.29, 0.717) is 42.6 Å². The number of H-pyrrole nitrogens is 1. The lowest BCUT2D eigenvalue weighted by molar-refractivity contribution is -0.127. The minimum Gasteiger partial charge on any atom is -0.462 e. The lowest BCUT2D eigenvalue weighted by atomic mass is 10.0. The van der Waals surface area contributed by atoms with Gasteiger partial charge in [-0.2, -0.15) is 0 Å². The van der Waals surface area contributed by atoms with Gasteiger partial charge in [0.2, 0.25) is 5.91 Å². The smallest absolute Gasteiger partial charge is 0.238 e. The maximum absolute atomic E-state index is 12.9. The molecule has 7 nitrogen and oxygen atoms in total. The Labute approximate surface area is 167 Å². The number of fused-ring (bicyclic) bond motifs is 1. The Kier molecular flexibility index (Phi) is 5.47. The minimum atomic E-state index is -0.356. The molecule has 1 aliphatic heterocycles. The van der Waals surface area contributed by atoms with Crippen LogP contribution in [0.4, 0.5) is 0 Å². The van der Waals surface area contributed by atoms with Gasteiger partial charge in [0.1, 0.15) is 18.1 Å². The number of benzene rings is 1. The molecule has 8 heteroatoms. The Bertz CT molecular complexity index is 951. The third-order valence-electron chi connectivity index (χ3n) is 4.91. The van der Waals surface area contributed by atoms with E-state index in [1.54, 1.807) is 12.4 Å². The first-order chi connectivity index (χ1) is 13.6. The topological polar surface area (TPSA) is 94.4 Å². The molecule has 0 saturated heterocycles. The number of nitrogens with one attached hydrogen (secondary N) is 2. The average molecular weight is 401 g/mol. The summed E-state index contributed by atoms with van der Waals surface area (Å²) in [4.78, 5) is 22.5. The van der Waals surface area contributed by atoms with E-state index in [1.165, 1.54) is 0 Å². The summed E-state index contributed by atoms with van der Waals surface area (Å²) in [6.45, 7) is 1.33. The second kappa shape index (κ2) is 8.18. The molecule has 1 aromatic carbocycles. The first kappa shape index (κ1) is 18.7. The Morgan fingerprint density at radius 1 is 1.29 bits per heavy atom. The number of carbonyl (C=O) groups is 1. The van der Waals surface area contributed by atoms with Crippen LogP contribution >= 0.6 is 11.6 Å². The van der Waals surface area contributed by atoms with Crippen LogP contribution in [0.1, 0.15) is 28.5 Å². The molecule has 28 heavy (non-hydrogen) atoms. The van der Waals surface area contributed by atoms with Crippen molar-refractivity contribution in [3.05, 3.63) is 76.2 Å². The Hall–Kier alpha value is -2.61. The van der Waals surface area contributed by atoms with Crippen LogP contribution in [0.25, 0.3) is 0 Å². The largest absolute Gasteiger partial charge is 0.462 e. The number of aliphatic hydroxyl groups excluding tert-OH is 1. The Morgan fingerprint density at radius 3 is 2.82 bits per heavy atom. The van der Waals surface area contributed by atoms with Crippen LogP contribution in [0.5, 0.6) is 0 Å². The number of furan rings is 1. The van der Waals surface area contributed by atoms with Crippen LogP contribution < -0.4 is 5.32 Å². The Balaban J connectivity index is 1.48. The van der Waals surface area contributed by atoms with Crippen molar-refractivity contribution in [3.63, 3.8) is 0 Å². The standard InChI is InChI=1S/C20H21ClN4O3/c21-14-3-1-13(2-4-14)8-22-20(27)19-7-17-18(24-12-23-17)10-25(19)9-15-5-6-16(11-26)28-15/h1-6,12,19,26H,7-11H2,(H,22,27)(H,23,24)/t19-/m0/s1. The van der Waals surface area contributed by atoms with Crippen molar-refractivity contribution in [2.45, 2.75) is 38.7 Å². The van der Waals surface area contributed by atoms with Crippen molar-refractivity contribution in [1.29, 1.82) is 0 Å². The molecule has 0 radical (unpaired) electrons. The van der Waals surface area contributed by atoms with Crippen molar-refractivity contribution in [3.8, 4) is 0 Å². The molecule has 146 valence electrons. The van der Waals surface area contributed by atoms with Gasteiger partial charge in [0.15, 0.2) is 0 Å². The second-order valence-electron chi connectivity index (χ2n) is 6.82. The van der Waals surface area contributed by atoms with E-state index in [-0.39, 0.29) is 18.6 Å². The number of aromatic amines is 1. The van der Waals surface area contributed by atoms with Gasteiger partial charge < -0.3 is 19.8 Å². The SMILES string of the molecule is O=C(NCc1ccc(Cl)cc1)[C@@H]1Cc2nc[nH]c2CN1Cc1ccc(CO)o1. The van der Waals surface area contributed by atoms with E-state index in [9.17, 15) is 9.90 Å². The number of aromatic nitrogens is 2. The fraction of sp³-hybridized carbons (Fsp3) is 0.300. The summed E-state index contributed by atoms with van der Waals surface area (Å²) in [6.07, 6.45) is 2.19. The van der Waals surface area contributed by atoms with E-state index >= 15 is 0 Å². The number of nitrogens with zero attached hydrogens (tertiary/aromatic N) is 2. The number of rotatable bonds is 6. The maximum Gasteiger partial charge on any atom is 0.238 e. The molecule has 4 rings (SSSR count). The molecule has 3 aromatic rings. The van der Waals surface area contributed by atoms with E-state index < -0.39 is 0 Å². The van der Waals surface area contributed by atoms with E-state index in [2.05, 4.69) is 20.2 Å². The summed E-state index contributed by atoms with van der Waals surface area (Å²) in [6, 6.07) is 10.6. The molecule has 0 bridgehead atoms. The molecule has 1 amide bonds. The molecule has 1 aliphatic rings. The number of hydrogen-bond donors (Lipinski definition) is 3. The molecule has 2 aromatic heterocycles. The molecule has 1 atom stereocenters. The summed E-state index contributed by atoms with van der Waals surface area (Å²) in [5.41, 5.74) is 2.91. The van der Waals surface area contributed by atoms with Crippen LogP contribution in [-0.2, 0) is 37.5 Å². The van der Waals surface area contributed by atoms with Gasteiger partial charge in [0.25, 0.3) is 0 Å². The van der Waals surface area contributed by atoms with E-state index in [4.69, 9.17) is 16.0 Å². The van der Waals surface area contributed by atoms with Crippen molar-refractivity contribution >= 4 is 17.5 Å². The van der Waals surface area contributed by atoms with Crippen LogP contribution in [0.3, 0.4) is 0 Å². The highest BCUT2D eigenvalue weighted by molar-refractivity contribution is 6.30. The molecule has 0 unspecified atom stereocenters. The number of aliphatic hydroxyl groups is 1. The second-order valence-corrected chi connectivity index (χ2v) is 7.26. The van der Waals surface area contributed by atoms with Gasteiger partial charge >= 0.3 is 0 Å². The van der Waals surface area contributed by atoms with Crippen molar-refractivity contribution in [2.75, 3.05) is 0 Å². The van der Waals surface area contributed by atoms with Gasteiger partial charge in [0.05, 0.1) is 30.3 Å². The number of hydrogen-bond acceptors (Lipinski definition) is 5. The highest BCUT2D eigenvalue weighted by Crippen LogP contribution is 2.24. The maximum atomic E-state index is 12.9. The lowest BCUT2D eigenvalue weighted by Gasteiger charge is -2.33. The van der Waals surface area contributed by atoms with Gasteiger partial charge in [-0.3, -0.25) is 9.69 Å². The van der Waals surface area contributed by atoms with Crippen molar-refractivity contribution in [2.24, 2.45) is 0 Å². The van der Waals surface area contributed by atoms with Crippen LogP contribution in [0, 0.1) is 0 Å². The predicted molar refractivity (Wildman–Crippen MR) is 103 cm³/mol. The summed E-state index contributed by atoms with van der Waals surface area (Å²) in [5.74, 6) is 1.16. The number of imidazole rings is 1. The Morgan fingerprint density at radius 2 is 2.07 bits per heavy atom. The van der Waals surface area contributed by atoms with Crippen molar-refractivity contribution < 1.29 is 14.3 Å². The zero-order valence-corrected chi connectivity index (χ0v) is 15.9. The van der Waals surface area contributed by atoms with Crippen molar-refractivity contribution in [1.82, 2.24) is 20.2 Å². The monoisotopic (exact) mass is 400 g/mol. The number of halogens is 1. The number of carbonyl (C=O) groups excluding carboxylic acids is 1. The normalized spacial score (nSPS) is 16.7. The lowest BCUT2D eigenvalue weighted by Crippen LogP contribution is -2.49. The molecular weight excluding hydrogens is 380 g/mol. The zero-order valence-electron chi connectivity index (χ0n) is 15.2. The summed E-state index contributed by atoms with van der Waals surface area (Å²) in [7, 11) is 0. The molecule has 3 N–H and O–H groups in total. The highest BCUT2D eigenvalue weighted by Gasteiger charge is 2.33. The summed E-state index contributed by atoms with van der Waals surface area (Å²) < 4.78 is 5.61. The molecule has 0 spiro atoms. The van der Waals surface area contributed by atoms with Crippen LogP contribution in [0.15, 0.2) is 47.1 Å². The zero-order chi connectivity index (χ0) is 19.5. The fourth-order valence-corrected chi connectivity index (χ4v) is 3.54. The van der Waals surface area contributed by atoms with Gasteiger partial charge in [0, 0.05) is 24.5 Å². The third-order valence-corrected chi connectivity index (χ3v) is 5.16. The minimum absolute atomic E-state index is 0.0578. The first-order valence-corrected chi connectivity index (χ1v) is 9.46. The van der Waals surface area contributed by atoms with Crippen LogP contribution in [-0.4, -0.2) is 31.9 Å². The average Bonchev–Trinajstić information content (AvgIpc) is 3.35. The van der Waals surface area contributed by atoms with Gasteiger partial charge in [-0.15, -0.1) is 0 Å². The van der Waals surface area contributed by atoms with E-state index in [1.807, 2.05) is 30.3 Å². The van der Waals surface area contributed by atoms with Gasteiger partial charge in [-0.25, -0.2) is 4.98 Å². The summed E-state index contributed by atoms with van der Waals surface area (Å²) >= 11 is 5.91. The molecule has 0 fully saturated rings. The highest BCUT2D eigenvalue weighted by atomic mass is 35.5. The van der Waals surface area contributed by atoms with Gasteiger partial charge in [-0.05, 0) is 29.8 Å². The number of amides is 1. The quantitative estimate of drug-likeness (QED) is 0.590. The molecular formula is C20H21ClN4O3. The first-order valence-electron chi connectivity index (χ1n) is 9.08. The molecule has 0 saturated carbocycles. The van der Waals surface area contributed by atoms with E-state index in [0.717, 1.165) is 17.0 Å². The summed E-state index contributed by atoms with van der Waals surface area (Å²) in [5, 5.41) is 12.9. The third kappa shape index (κ3) is 4.11. The van der Waals surface area contributed by atoms with Crippen LogP contribution in [0.2, 0.25) is 5.02 Å². The van der Waals surface area contributed by atoms with Gasteiger partial charge in [-0.1, -0.05) is 23.7 Å².